The third kappa shape index (κ3) is 6.56. The van der Waals surface area contributed by atoms with Gasteiger partial charge in [0.2, 0.25) is 0 Å². The van der Waals surface area contributed by atoms with Gasteiger partial charge in [0.25, 0.3) is 0 Å². The molecule has 0 bridgehead atoms. The van der Waals surface area contributed by atoms with Gasteiger partial charge in [-0.15, -0.1) is 15.3 Å². The summed E-state index contributed by atoms with van der Waals surface area (Å²) in [6.45, 7) is 5.65. The number of pyridine rings is 1. The fourth-order valence-corrected chi connectivity index (χ4v) is 1.51. The lowest BCUT2D eigenvalue weighted by Crippen LogP contribution is -2.16. The van der Waals surface area contributed by atoms with Crippen LogP contribution in [0.1, 0.15) is 6.92 Å². The molecule has 1 aromatic heterocycles. The van der Waals surface area contributed by atoms with Crippen LogP contribution >= 0.6 is 0 Å². The SMILES string of the molecule is C=C(/C=C(\C=C/C)OC)N=N/C=N/N=c1\cc(OC)ccn1C. The predicted octanol–water partition coefficient (Wildman–Crippen LogP) is 2.95. The van der Waals surface area contributed by atoms with Crippen molar-refractivity contribution in [2.45, 2.75) is 6.92 Å². The van der Waals surface area contributed by atoms with Gasteiger partial charge in [-0.05, 0) is 19.1 Å². The highest BCUT2D eigenvalue weighted by atomic mass is 16.5. The lowest BCUT2D eigenvalue weighted by atomic mass is 10.3. The predicted molar refractivity (Wildman–Crippen MR) is 89.9 cm³/mol. The normalized spacial score (nSPS) is 13.4. The summed E-state index contributed by atoms with van der Waals surface area (Å²) in [5.74, 6) is 1.34. The number of rotatable bonds is 7. The minimum Gasteiger partial charge on any atom is -0.497 e. The van der Waals surface area contributed by atoms with Crippen LogP contribution in [0.15, 0.2) is 75.0 Å². The average molecular weight is 315 g/mol. The number of azo groups is 1. The molecule has 0 aliphatic heterocycles. The minimum absolute atomic E-state index is 0.443. The fraction of sp³-hybridized carbons (Fsp3) is 0.250. The first kappa shape index (κ1) is 18.1. The third-order valence-corrected chi connectivity index (χ3v) is 2.66. The first-order chi connectivity index (χ1) is 11.1. The third-order valence-electron chi connectivity index (χ3n) is 2.66. The van der Waals surface area contributed by atoms with Crippen molar-refractivity contribution in [2.75, 3.05) is 14.2 Å². The summed E-state index contributed by atoms with van der Waals surface area (Å²) in [6.07, 6.45) is 8.38. The maximum atomic E-state index is 5.13. The summed E-state index contributed by atoms with van der Waals surface area (Å²) in [4.78, 5) is 0. The highest BCUT2D eigenvalue weighted by molar-refractivity contribution is 5.54. The summed E-state index contributed by atoms with van der Waals surface area (Å²) >= 11 is 0. The maximum Gasteiger partial charge on any atom is 0.160 e. The standard InChI is InChI=1S/C16H21N5O2/c1-6-7-14(22-4)10-13(2)19-17-12-18-20-16-11-15(23-5)8-9-21(16)3/h6-12H,2H2,1,3-5H3/b7-6-,14-10+,18-12+,19-17?,20-16+. The lowest BCUT2D eigenvalue weighted by Gasteiger charge is -2.01. The highest BCUT2D eigenvalue weighted by Gasteiger charge is 1.92. The number of hydrogen-bond donors (Lipinski definition) is 0. The molecule has 7 heteroatoms. The Labute approximate surface area is 135 Å². The van der Waals surface area contributed by atoms with Crippen molar-refractivity contribution in [3.8, 4) is 5.75 Å². The van der Waals surface area contributed by atoms with E-state index in [-0.39, 0.29) is 0 Å². The van der Waals surface area contributed by atoms with Gasteiger partial charge in [-0.3, -0.25) is 0 Å². The van der Waals surface area contributed by atoms with Gasteiger partial charge in [0, 0.05) is 25.4 Å². The molecular formula is C16H21N5O2. The Morgan fingerprint density at radius 1 is 1.35 bits per heavy atom. The van der Waals surface area contributed by atoms with E-state index in [0.717, 1.165) is 0 Å². The Kier molecular flexibility index (Phi) is 7.77. The zero-order valence-corrected chi connectivity index (χ0v) is 13.8. The maximum absolute atomic E-state index is 5.13. The molecule has 1 rings (SSSR count). The molecule has 0 spiro atoms. The summed E-state index contributed by atoms with van der Waals surface area (Å²) in [5, 5.41) is 15.5. The zero-order chi connectivity index (χ0) is 17.1. The molecule has 0 radical (unpaired) electrons. The van der Waals surface area contributed by atoms with Crippen LogP contribution in [0.4, 0.5) is 0 Å². The number of methoxy groups -OCH3 is 2. The Morgan fingerprint density at radius 2 is 2.13 bits per heavy atom. The van der Waals surface area contributed by atoms with Crippen molar-refractivity contribution in [3.63, 3.8) is 0 Å². The van der Waals surface area contributed by atoms with E-state index in [1.165, 1.54) is 6.34 Å². The van der Waals surface area contributed by atoms with Gasteiger partial charge in [0.05, 0.1) is 19.9 Å². The van der Waals surface area contributed by atoms with Gasteiger partial charge in [0.15, 0.2) is 11.8 Å². The second-order valence-corrected chi connectivity index (χ2v) is 4.32. The van der Waals surface area contributed by atoms with Gasteiger partial charge in [-0.2, -0.15) is 5.11 Å². The van der Waals surface area contributed by atoms with Crippen molar-refractivity contribution in [3.05, 3.63) is 60.1 Å². The van der Waals surface area contributed by atoms with E-state index in [1.807, 2.05) is 32.3 Å². The van der Waals surface area contributed by atoms with Gasteiger partial charge in [0.1, 0.15) is 11.5 Å². The molecule has 0 fully saturated rings. The van der Waals surface area contributed by atoms with Crippen LogP contribution in [0, 0.1) is 0 Å². The molecule has 0 saturated heterocycles. The largest absolute Gasteiger partial charge is 0.497 e. The molecule has 0 amide bonds. The number of ether oxygens (including phenoxy) is 2. The van der Waals surface area contributed by atoms with Crippen LogP contribution in [-0.2, 0) is 11.8 Å². The molecule has 0 aliphatic carbocycles. The van der Waals surface area contributed by atoms with Crippen LogP contribution in [0.2, 0.25) is 0 Å². The van der Waals surface area contributed by atoms with Gasteiger partial charge >= 0.3 is 0 Å². The first-order valence-corrected chi connectivity index (χ1v) is 6.85. The van der Waals surface area contributed by atoms with E-state index < -0.39 is 0 Å². The molecule has 0 saturated carbocycles. The van der Waals surface area contributed by atoms with E-state index in [9.17, 15) is 0 Å². The molecule has 1 aromatic rings. The first-order valence-electron chi connectivity index (χ1n) is 6.85. The molecule has 0 aliphatic rings. The van der Waals surface area contributed by atoms with Crippen LogP contribution < -0.4 is 10.2 Å². The smallest absolute Gasteiger partial charge is 0.160 e. The Balaban J connectivity index is 2.76. The fourth-order valence-electron chi connectivity index (χ4n) is 1.51. The highest BCUT2D eigenvalue weighted by Crippen LogP contribution is 2.05. The number of hydrogen-bond acceptors (Lipinski definition) is 5. The Bertz CT molecular complexity index is 711. The summed E-state index contributed by atoms with van der Waals surface area (Å²) in [5.41, 5.74) is 1.07. The molecule has 7 nitrogen and oxygen atoms in total. The van der Waals surface area contributed by atoms with Gasteiger partial charge in [-0.1, -0.05) is 12.7 Å². The minimum atomic E-state index is 0.443. The Hall–Kier alpha value is -2.96. The van der Waals surface area contributed by atoms with Crippen LogP contribution in [0.5, 0.6) is 5.75 Å². The van der Waals surface area contributed by atoms with Crippen molar-refractivity contribution in [1.82, 2.24) is 4.57 Å². The average Bonchev–Trinajstić information content (AvgIpc) is 2.55. The molecule has 1 heterocycles. The molecule has 122 valence electrons. The molecule has 23 heavy (non-hydrogen) atoms. The van der Waals surface area contributed by atoms with Gasteiger partial charge in [-0.25, -0.2) is 0 Å². The van der Waals surface area contributed by atoms with E-state index in [4.69, 9.17) is 9.47 Å². The molecule has 0 aromatic carbocycles. The summed E-state index contributed by atoms with van der Waals surface area (Å²) in [7, 11) is 5.03. The molecule has 0 atom stereocenters. The van der Waals surface area contributed by atoms with Crippen molar-refractivity contribution >= 4 is 6.34 Å². The van der Waals surface area contributed by atoms with Crippen LogP contribution in [0.3, 0.4) is 0 Å². The van der Waals surface area contributed by atoms with Crippen LogP contribution in [-0.4, -0.2) is 25.1 Å². The number of aromatic nitrogens is 1. The summed E-state index contributed by atoms with van der Waals surface area (Å²) < 4.78 is 12.1. The van der Waals surface area contributed by atoms with Crippen molar-refractivity contribution < 1.29 is 9.47 Å². The molecule has 0 unspecified atom stereocenters. The number of nitrogens with zero attached hydrogens (tertiary/aromatic N) is 5. The van der Waals surface area contributed by atoms with E-state index in [1.54, 1.807) is 37.0 Å². The quantitative estimate of drug-likeness (QED) is 0.194. The monoisotopic (exact) mass is 315 g/mol. The van der Waals surface area contributed by atoms with E-state index in [2.05, 4.69) is 27.0 Å². The zero-order valence-electron chi connectivity index (χ0n) is 13.8. The number of aryl methyl sites for hydroxylation is 1. The van der Waals surface area contributed by atoms with E-state index in [0.29, 0.717) is 22.7 Å². The molecular weight excluding hydrogens is 294 g/mol. The molecule has 0 N–H and O–H groups in total. The van der Waals surface area contributed by atoms with E-state index >= 15 is 0 Å². The van der Waals surface area contributed by atoms with Crippen molar-refractivity contribution in [2.24, 2.45) is 27.5 Å². The number of allylic oxidation sites excluding steroid dienone is 3. The second kappa shape index (κ2) is 9.88. The lowest BCUT2D eigenvalue weighted by molar-refractivity contribution is 0.306. The topological polar surface area (TPSA) is 72.8 Å². The van der Waals surface area contributed by atoms with Crippen molar-refractivity contribution in [1.29, 1.82) is 0 Å². The summed E-state index contributed by atoms with van der Waals surface area (Å²) in [6, 6.07) is 3.59. The second-order valence-electron chi connectivity index (χ2n) is 4.32. The Morgan fingerprint density at radius 3 is 2.78 bits per heavy atom. The van der Waals surface area contributed by atoms with Gasteiger partial charge < -0.3 is 14.0 Å². The van der Waals surface area contributed by atoms with Crippen LogP contribution in [0.25, 0.3) is 0 Å².